The SMILES string of the molecule is COc1ccc(N(C)C(=O)Oc2cc3oc4cc5c(c(O)c4c(=O)c3c(CC=C(C)C)c2OC)C=CC(C)(C)O5)cc1. The highest BCUT2D eigenvalue weighted by Crippen LogP contribution is 2.44. The fraction of sp³-hybridized carbons (Fsp3) is 0.273. The lowest BCUT2D eigenvalue weighted by atomic mass is 9.97. The number of anilines is 1. The molecule has 0 bridgehead atoms. The summed E-state index contributed by atoms with van der Waals surface area (Å²) in [5.41, 5.74) is 1.73. The van der Waals surface area contributed by atoms with E-state index in [0.717, 1.165) is 5.57 Å². The van der Waals surface area contributed by atoms with Crippen molar-refractivity contribution in [2.75, 3.05) is 26.2 Å². The molecule has 1 aliphatic heterocycles. The molecule has 9 heteroatoms. The fourth-order valence-corrected chi connectivity index (χ4v) is 4.90. The number of aromatic hydroxyl groups is 1. The van der Waals surface area contributed by atoms with Gasteiger partial charge >= 0.3 is 6.09 Å². The van der Waals surface area contributed by atoms with Gasteiger partial charge in [-0.25, -0.2) is 4.79 Å². The van der Waals surface area contributed by atoms with Gasteiger partial charge in [-0.3, -0.25) is 9.69 Å². The van der Waals surface area contributed by atoms with Gasteiger partial charge in [-0.15, -0.1) is 0 Å². The van der Waals surface area contributed by atoms with Gasteiger partial charge in [0, 0.05) is 30.4 Å². The van der Waals surface area contributed by atoms with E-state index in [0.29, 0.717) is 34.7 Å². The summed E-state index contributed by atoms with van der Waals surface area (Å²) < 4.78 is 29.0. The van der Waals surface area contributed by atoms with Crippen molar-refractivity contribution in [2.24, 2.45) is 0 Å². The van der Waals surface area contributed by atoms with Gasteiger partial charge in [0.05, 0.1) is 25.2 Å². The third-order valence-corrected chi connectivity index (χ3v) is 7.12. The van der Waals surface area contributed by atoms with Crippen LogP contribution in [0.5, 0.6) is 28.7 Å². The first-order valence-electron chi connectivity index (χ1n) is 13.4. The smallest absolute Gasteiger partial charge is 0.419 e. The molecule has 1 aliphatic rings. The van der Waals surface area contributed by atoms with Crippen LogP contribution in [-0.4, -0.2) is 38.1 Å². The summed E-state index contributed by atoms with van der Waals surface area (Å²) in [5.74, 6) is 1.11. The molecule has 1 aromatic heterocycles. The van der Waals surface area contributed by atoms with Gasteiger partial charge in [0.1, 0.15) is 39.4 Å². The van der Waals surface area contributed by atoms with Crippen LogP contribution in [0.4, 0.5) is 10.5 Å². The molecule has 5 rings (SSSR count). The summed E-state index contributed by atoms with van der Waals surface area (Å²) >= 11 is 0. The Morgan fingerprint density at radius 3 is 2.38 bits per heavy atom. The number of allylic oxidation sites excluding steroid dienone is 2. The molecule has 0 fully saturated rings. The predicted octanol–water partition coefficient (Wildman–Crippen LogP) is 7.00. The number of hydrogen-bond donors (Lipinski definition) is 1. The normalized spacial score (nSPS) is 13.3. The molecule has 0 radical (unpaired) electrons. The second-order valence-electron chi connectivity index (χ2n) is 10.9. The number of phenolic OH excluding ortho intramolecular Hbond substituents is 1. The zero-order valence-electron chi connectivity index (χ0n) is 24.7. The number of carbonyl (C=O) groups is 1. The van der Waals surface area contributed by atoms with Crippen molar-refractivity contribution in [1.29, 1.82) is 0 Å². The summed E-state index contributed by atoms with van der Waals surface area (Å²) in [4.78, 5) is 28.6. The van der Waals surface area contributed by atoms with Gasteiger partial charge < -0.3 is 28.5 Å². The number of rotatable bonds is 6. The fourth-order valence-electron chi connectivity index (χ4n) is 4.90. The van der Waals surface area contributed by atoms with Gasteiger partial charge in [-0.2, -0.15) is 0 Å². The molecule has 0 aliphatic carbocycles. The van der Waals surface area contributed by atoms with Crippen LogP contribution in [0.2, 0.25) is 0 Å². The summed E-state index contributed by atoms with van der Waals surface area (Å²) in [7, 11) is 4.59. The first-order valence-corrected chi connectivity index (χ1v) is 13.4. The van der Waals surface area contributed by atoms with Crippen molar-refractivity contribution in [1.82, 2.24) is 0 Å². The molecule has 42 heavy (non-hydrogen) atoms. The average Bonchev–Trinajstić information content (AvgIpc) is 2.94. The van der Waals surface area contributed by atoms with Crippen LogP contribution in [0, 0.1) is 0 Å². The molecular formula is C33H33NO8. The number of benzene rings is 3. The van der Waals surface area contributed by atoms with E-state index in [1.165, 1.54) is 18.1 Å². The van der Waals surface area contributed by atoms with E-state index in [2.05, 4.69) is 0 Å². The monoisotopic (exact) mass is 571 g/mol. The first kappa shape index (κ1) is 28.6. The van der Waals surface area contributed by atoms with Crippen molar-refractivity contribution in [3.05, 3.63) is 75.5 Å². The van der Waals surface area contributed by atoms with Gasteiger partial charge in [0.25, 0.3) is 0 Å². The van der Waals surface area contributed by atoms with E-state index in [1.807, 2.05) is 39.8 Å². The molecule has 0 spiro atoms. The molecule has 3 aromatic carbocycles. The summed E-state index contributed by atoms with van der Waals surface area (Å²) in [6, 6.07) is 9.99. The largest absolute Gasteiger partial charge is 0.506 e. The Morgan fingerprint density at radius 1 is 1.05 bits per heavy atom. The van der Waals surface area contributed by atoms with Crippen molar-refractivity contribution in [2.45, 2.75) is 39.7 Å². The maximum atomic E-state index is 14.0. The molecule has 0 unspecified atom stereocenters. The lowest BCUT2D eigenvalue weighted by Crippen LogP contribution is -2.29. The molecule has 1 N–H and O–H groups in total. The minimum Gasteiger partial charge on any atom is -0.506 e. The predicted molar refractivity (Wildman–Crippen MR) is 163 cm³/mol. The van der Waals surface area contributed by atoms with Crippen LogP contribution in [0.3, 0.4) is 0 Å². The lowest BCUT2D eigenvalue weighted by Gasteiger charge is -2.28. The number of carbonyl (C=O) groups excluding carboxylic acids is 1. The second kappa shape index (κ2) is 10.8. The van der Waals surface area contributed by atoms with Crippen molar-refractivity contribution in [3.63, 3.8) is 0 Å². The van der Waals surface area contributed by atoms with Crippen LogP contribution >= 0.6 is 0 Å². The van der Waals surface area contributed by atoms with E-state index in [1.54, 1.807) is 50.6 Å². The van der Waals surface area contributed by atoms with Gasteiger partial charge in [-0.1, -0.05) is 11.6 Å². The minimum atomic E-state index is -0.678. The van der Waals surface area contributed by atoms with E-state index in [9.17, 15) is 14.7 Å². The van der Waals surface area contributed by atoms with Gasteiger partial charge in [0.15, 0.2) is 11.5 Å². The maximum Gasteiger partial charge on any atom is 0.419 e. The van der Waals surface area contributed by atoms with E-state index in [4.69, 9.17) is 23.4 Å². The minimum absolute atomic E-state index is 0.0266. The molecule has 0 atom stereocenters. The number of hydrogen-bond acceptors (Lipinski definition) is 8. The molecule has 0 saturated heterocycles. The van der Waals surface area contributed by atoms with E-state index >= 15 is 0 Å². The van der Waals surface area contributed by atoms with Crippen LogP contribution < -0.4 is 29.3 Å². The molecular weight excluding hydrogens is 538 g/mol. The third-order valence-electron chi connectivity index (χ3n) is 7.12. The summed E-state index contributed by atoms with van der Waals surface area (Å²) in [5, 5.41) is 11.4. The van der Waals surface area contributed by atoms with Crippen LogP contribution in [0.15, 0.2) is 63.3 Å². The zero-order chi connectivity index (χ0) is 30.3. The highest BCUT2D eigenvalue weighted by molar-refractivity contribution is 6.00. The molecule has 4 aromatic rings. The average molecular weight is 572 g/mol. The number of methoxy groups -OCH3 is 2. The summed E-state index contributed by atoms with van der Waals surface area (Å²) in [6.45, 7) is 7.64. The Hall–Kier alpha value is -4.92. The number of ether oxygens (including phenoxy) is 4. The Kier molecular flexibility index (Phi) is 7.36. The number of phenols is 1. The molecule has 0 saturated carbocycles. The highest BCUT2D eigenvalue weighted by Gasteiger charge is 2.29. The Bertz CT molecular complexity index is 1830. The number of amides is 1. The number of fused-ring (bicyclic) bond motifs is 3. The van der Waals surface area contributed by atoms with Crippen LogP contribution in [-0.2, 0) is 6.42 Å². The Morgan fingerprint density at radius 2 is 1.74 bits per heavy atom. The van der Waals surface area contributed by atoms with E-state index < -0.39 is 17.1 Å². The van der Waals surface area contributed by atoms with E-state index in [-0.39, 0.29) is 39.2 Å². The van der Waals surface area contributed by atoms with Gasteiger partial charge in [0.2, 0.25) is 5.43 Å². The van der Waals surface area contributed by atoms with Crippen molar-refractivity contribution < 1.29 is 33.3 Å². The standard InChI is InChI=1S/C33H33NO8/c1-18(2)8-13-22-27-24(40-25-16-23-21(14-15-33(3,4)42-23)29(35)28(25)30(27)36)17-26(31(22)39-7)41-32(37)34(5)19-9-11-20(38-6)12-10-19/h8-12,14-17,35H,13H2,1-7H3. The molecule has 9 nitrogen and oxygen atoms in total. The summed E-state index contributed by atoms with van der Waals surface area (Å²) in [6.07, 6.45) is 5.10. The zero-order valence-corrected chi connectivity index (χ0v) is 24.7. The third kappa shape index (κ3) is 5.13. The molecule has 1 amide bonds. The highest BCUT2D eigenvalue weighted by atomic mass is 16.6. The first-order chi connectivity index (χ1) is 19.9. The van der Waals surface area contributed by atoms with Gasteiger partial charge in [-0.05, 0) is 70.5 Å². The van der Waals surface area contributed by atoms with Crippen LogP contribution in [0.1, 0.15) is 38.8 Å². The topological polar surface area (TPSA) is 108 Å². The maximum absolute atomic E-state index is 14.0. The quantitative estimate of drug-likeness (QED) is 0.195. The molecule has 218 valence electrons. The second-order valence-corrected chi connectivity index (χ2v) is 10.9. The number of nitrogens with zero attached hydrogens (tertiary/aromatic N) is 1. The van der Waals surface area contributed by atoms with Crippen LogP contribution in [0.25, 0.3) is 28.0 Å². The lowest BCUT2D eigenvalue weighted by molar-refractivity contribution is 0.158. The molecule has 2 heterocycles. The Balaban J connectivity index is 1.70. The Labute approximate surface area is 243 Å². The van der Waals surface area contributed by atoms with Crippen molar-refractivity contribution >= 4 is 39.8 Å². The van der Waals surface area contributed by atoms with Crippen molar-refractivity contribution in [3.8, 4) is 28.7 Å².